The third-order valence-corrected chi connectivity index (χ3v) is 6.06. The van der Waals surface area contributed by atoms with Gasteiger partial charge in [0.25, 0.3) is 0 Å². The summed E-state index contributed by atoms with van der Waals surface area (Å²) in [5, 5.41) is 11.7. The highest BCUT2D eigenvalue weighted by Crippen LogP contribution is 2.44. The Morgan fingerprint density at radius 3 is 2.18 bits per heavy atom. The van der Waals surface area contributed by atoms with Crippen LogP contribution in [0.2, 0.25) is 5.02 Å². The van der Waals surface area contributed by atoms with Crippen molar-refractivity contribution in [3.05, 3.63) is 34.1 Å². The van der Waals surface area contributed by atoms with Crippen molar-refractivity contribution in [2.24, 2.45) is 11.8 Å². The smallest absolute Gasteiger partial charge is 0.411 e. The third kappa shape index (κ3) is 6.53. The van der Waals surface area contributed by atoms with E-state index in [2.05, 4.69) is 0 Å². The first-order chi connectivity index (χ1) is 15.3. The Bertz CT molecular complexity index is 898. The SMILES string of the molecule is Cc1cc(Cl)cc(F)c1C1(O)[C@H](C)CN(C(=O)CN(CC(F)(F)F)C(=O)OC(C)(C)C)C[C@@H]1C. The van der Waals surface area contributed by atoms with Crippen LogP contribution in [0, 0.1) is 24.6 Å². The second-order valence-electron chi connectivity index (χ2n) is 9.96. The highest BCUT2D eigenvalue weighted by Gasteiger charge is 2.49. The Morgan fingerprint density at radius 2 is 1.74 bits per heavy atom. The Hall–Kier alpha value is -2.07. The van der Waals surface area contributed by atoms with Crippen LogP contribution in [-0.2, 0) is 15.1 Å². The summed E-state index contributed by atoms with van der Waals surface area (Å²) in [4.78, 5) is 26.8. The molecule has 0 bridgehead atoms. The first kappa shape index (κ1) is 28.2. The monoisotopic (exact) mass is 510 g/mol. The Labute approximate surface area is 201 Å². The highest BCUT2D eigenvalue weighted by atomic mass is 35.5. The lowest BCUT2D eigenvalue weighted by Gasteiger charge is -2.48. The van der Waals surface area contributed by atoms with Crippen LogP contribution >= 0.6 is 11.6 Å². The molecule has 0 aliphatic carbocycles. The molecule has 2 rings (SSSR count). The number of amides is 2. The van der Waals surface area contributed by atoms with Crippen LogP contribution in [0.4, 0.5) is 22.4 Å². The van der Waals surface area contributed by atoms with Gasteiger partial charge in [0.15, 0.2) is 0 Å². The Kier molecular flexibility index (Phi) is 8.19. The van der Waals surface area contributed by atoms with Gasteiger partial charge in [-0.2, -0.15) is 13.2 Å². The first-order valence-electron chi connectivity index (χ1n) is 10.9. The second kappa shape index (κ2) is 9.89. The fraction of sp³-hybridized carbons (Fsp3) is 0.652. The second-order valence-corrected chi connectivity index (χ2v) is 10.4. The topological polar surface area (TPSA) is 70.1 Å². The van der Waals surface area contributed by atoms with Crippen LogP contribution < -0.4 is 0 Å². The highest BCUT2D eigenvalue weighted by molar-refractivity contribution is 6.30. The van der Waals surface area contributed by atoms with E-state index in [0.717, 1.165) is 6.07 Å². The zero-order chi connectivity index (χ0) is 26.2. The standard InChI is InChI=1S/C23H31ClF4N2O4/c1-13-7-16(24)8-17(25)19(13)23(33)14(2)9-29(10-15(23)3)18(31)11-30(12-22(26,27)28)20(32)34-21(4,5)6/h7-8,14-15,33H,9-12H2,1-6H3/t14-,15+,23?. The quantitative estimate of drug-likeness (QED) is 0.586. The molecule has 1 aliphatic rings. The average molecular weight is 511 g/mol. The van der Waals surface area contributed by atoms with Gasteiger partial charge in [-0.3, -0.25) is 9.69 Å². The Balaban J connectivity index is 2.25. The molecule has 0 saturated carbocycles. The number of alkyl halides is 3. The number of hydrogen-bond donors (Lipinski definition) is 1. The van der Waals surface area contributed by atoms with E-state index in [1.807, 2.05) is 0 Å². The number of nitrogens with zero attached hydrogens (tertiary/aromatic N) is 2. The maximum absolute atomic E-state index is 14.8. The van der Waals surface area contributed by atoms with Crippen LogP contribution in [0.1, 0.15) is 45.7 Å². The summed E-state index contributed by atoms with van der Waals surface area (Å²) in [6.45, 7) is 6.81. The van der Waals surface area contributed by atoms with Crippen LogP contribution in [0.15, 0.2) is 12.1 Å². The van der Waals surface area contributed by atoms with E-state index in [-0.39, 0.29) is 23.7 Å². The molecule has 1 aromatic rings. The predicted molar refractivity (Wildman–Crippen MR) is 119 cm³/mol. The summed E-state index contributed by atoms with van der Waals surface area (Å²) in [6.07, 6.45) is -5.99. The van der Waals surface area contributed by atoms with Crippen LogP contribution in [0.25, 0.3) is 0 Å². The number of aryl methyl sites for hydroxylation is 1. The molecule has 1 N–H and O–H groups in total. The molecule has 6 nitrogen and oxygen atoms in total. The zero-order valence-electron chi connectivity index (χ0n) is 20.1. The maximum Gasteiger partial charge on any atom is 0.411 e. The minimum absolute atomic E-state index is 0.0463. The van der Waals surface area contributed by atoms with E-state index >= 15 is 0 Å². The number of carbonyl (C=O) groups excluding carboxylic acids is 2. The van der Waals surface area contributed by atoms with E-state index in [1.165, 1.54) is 31.7 Å². The molecule has 11 heteroatoms. The van der Waals surface area contributed by atoms with Gasteiger partial charge in [-0.1, -0.05) is 25.4 Å². The molecule has 0 radical (unpaired) electrons. The van der Waals surface area contributed by atoms with E-state index in [4.69, 9.17) is 16.3 Å². The van der Waals surface area contributed by atoms with E-state index < -0.39 is 60.1 Å². The van der Waals surface area contributed by atoms with Gasteiger partial charge in [0, 0.05) is 35.5 Å². The van der Waals surface area contributed by atoms with E-state index in [0.29, 0.717) is 10.5 Å². The molecule has 0 aromatic heterocycles. The average Bonchev–Trinajstić information content (AvgIpc) is 2.62. The molecule has 0 spiro atoms. The minimum atomic E-state index is -4.73. The number of ether oxygens (including phenoxy) is 1. The number of rotatable bonds is 4. The number of hydrogen-bond acceptors (Lipinski definition) is 4. The molecule has 3 atom stereocenters. The van der Waals surface area contributed by atoms with Crippen LogP contribution in [0.5, 0.6) is 0 Å². The number of piperidine rings is 1. The minimum Gasteiger partial charge on any atom is -0.444 e. The third-order valence-electron chi connectivity index (χ3n) is 5.84. The summed E-state index contributed by atoms with van der Waals surface area (Å²) in [5.41, 5.74) is -2.15. The van der Waals surface area contributed by atoms with Gasteiger partial charge in [-0.05, 0) is 45.4 Å². The number of carbonyl (C=O) groups is 2. The van der Waals surface area contributed by atoms with Crippen molar-refractivity contribution in [1.29, 1.82) is 0 Å². The molecule has 2 amide bonds. The number of aliphatic hydroxyl groups is 1. The Morgan fingerprint density at radius 1 is 1.21 bits per heavy atom. The summed E-state index contributed by atoms with van der Waals surface area (Å²) >= 11 is 5.91. The van der Waals surface area contributed by atoms with Crippen molar-refractivity contribution in [1.82, 2.24) is 9.80 Å². The van der Waals surface area contributed by atoms with Crippen molar-refractivity contribution in [2.45, 2.75) is 58.9 Å². The van der Waals surface area contributed by atoms with E-state index in [1.54, 1.807) is 20.8 Å². The predicted octanol–water partition coefficient (Wildman–Crippen LogP) is 4.89. The van der Waals surface area contributed by atoms with Crippen LogP contribution in [-0.4, -0.2) is 64.9 Å². The van der Waals surface area contributed by atoms with Crippen molar-refractivity contribution in [2.75, 3.05) is 26.2 Å². The van der Waals surface area contributed by atoms with Gasteiger partial charge < -0.3 is 14.7 Å². The van der Waals surface area contributed by atoms with Gasteiger partial charge >= 0.3 is 12.3 Å². The lowest BCUT2D eigenvalue weighted by molar-refractivity contribution is -0.157. The molecule has 34 heavy (non-hydrogen) atoms. The number of likely N-dealkylation sites (tertiary alicyclic amines) is 1. The fourth-order valence-corrected chi connectivity index (χ4v) is 4.66. The van der Waals surface area contributed by atoms with Crippen LogP contribution in [0.3, 0.4) is 0 Å². The van der Waals surface area contributed by atoms with Gasteiger partial charge in [-0.25, -0.2) is 9.18 Å². The van der Waals surface area contributed by atoms with Crippen molar-refractivity contribution in [3.8, 4) is 0 Å². The molecule has 1 fully saturated rings. The maximum atomic E-state index is 14.8. The molecular formula is C23H31ClF4N2O4. The molecule has 192 valence electrons. The van der Waals surface area contributed by atoms with Gasteiger partial charge in [0.1, 0.15) is 30.1 Å². The lowest BCUT2D eigenvalue weighted by Crippen LogP contribution is -2.58. The van der Waals surface area contributed by atoms with Gasteiger partial charge in [0.05, 0.1) is 0 Å². The molecule has 1 aliphatic heterocycles. The molecular weight excluding hydrogens is 480 g/mol. The van der Waals surface area contributed by atoms with Crippen molar-refractivity contribution < 1.29 is 37.0 Å². The largest absolute Gasteiger partial charge is 0.444 e. The first-order valence-corrected chi connectivity index (χ1v) is 11.2. The zero-order valence-corrected chi connectivity index (χ0v) is 20.8. The van der Waals surface area contributed by atoms with Gasteiger partial charge in [-0.15, -0.1) is 0 Å². The molecule has 1 aromatic carbocycles. The molecule has 1 unspecified atom stereocenters. The summed E-state index contributed by atoms with van der Waals surface area (Å²) in [7, 11) is 0. The normalized spacial score (nSPS) is 23.6. The summed E-state index contributed by atoms with van der Waals surface area (Å²) < 4.78 is 59.0. The molecule has 1 saturated heterocycles. The van der Waals surface area contributed by atoms with Gasteiger partial charge in [0.2, 0.25) is 5.91 Å². The number of halogens is 5. The summed E-state index contributed by atoms with van der Waals surface area (Å²) in [6, 6.07) is 2.64. The van der Waals surface area contributed by atoms with Crippen molar-refractivity contribution >= 4 is 23.6 Å². The van der Waals surface area contributed by atoms with Crippen molar-refractivity contribution in [3.63, 3.8) is 0 Å². The fourth-order valence-electron chi connectivity index (χ4n) is 4.40. The number of benzene rings is 1. The van der Waals surface area contributed by atoms with E-state index in [9.17, 15) is 32.3 Å². The summed E-state index contributed by atoms with van der Waals surface area (Å²) in [5.74, 6) is -2.73. The lowest BCUT2D eigenvalue weighted by atomic mass is 9.69. The molecule has 1 heterocycles.